The summed E-state index contributed by atoms with van der Waals surface area (Å²) in [7, 11) is 3.33. The maximum absolute atomic E-state index is 12.4. The number of carbonyl (C=O) groups excluding carboxylic acids is 1. The van der Waals surface area contributed by atoms with Gasteiger partial charge in [0.15, 0.2) is 0 Å². The molecule has 0 aromatic carbocycles. The van der Waals surface area contributed by atoms with Crippen LogP contribution in [0.1, 0.15) is 144 Å². The van der Waals surface area contributed by atoms with Crippen LogP contribution in [0, 0.1) is 11.8 Å². The average Bonchev–Trinajstić information content (AvgIpc) is 4.18. The fraction of sp³-hybridized carbons (Fsp3) is 0.741. The van der Waals surface area contributed by atoms with E-state index in [4.69, 9.17) is 38.3 Å². The number of epoxide rings is 4. The Morgan fingerprint density at radius 1 is 0.647 bits per heavy atom. The molecular weight excluding hydrogens is 878 g/mol. The average molecular weight is 962 g/mol. The van der Waals surface area contributed by atoms with Crippen LogP contribution in [0.15, 0.2) is 71.9 Å². The monoisotopic (exact) mass is 962 g/mol. The number of allylic oxidation sites excluding steroid dienone is 8. The van der Waals surface area contributed by atoms with Crippen LogP contribution in [0.2, 0.25) is 0 Å². The van der Waals surface area contributed by atoms with Crippen LogP contribution < -0.4 is 34.9 Å². The van der Waals surface area contributed by atoms with Crippen molar-refractivity contribution in [1.29, 1.82) is 0 Å². The molecule has 14 heteroatoms. The van der Waals surface area contributed by atoms with E-state index >= 15 is 0 Å². The molecule has 378 valence electrons. The van der Waals surface area contributed by atoms with Gasteiger partial charge in [0.05, 0.1) is 55.1 Å². The molecule has 0 aromatic rings. The number of rotatable bonds is 16. The van der Waals surface area contributed by atoms with Crippen LogP contribution >= 0.6 is 0 Å². The maximum atomic E-state index is 12.4. The third-order valence-electron chi connectivity index (χ3n) is 15.5. The van der Waals surface area contributed by atoms with Crippen molar-refractivity contribution in [3.05, 3.63) is 71.9 Å². The number of ether oxygens (including phenoxy) is 7. The molecule has 13 nitrogen and oxygen atoms in total. The number of nitrogens with one attached hydrogen (secondary N) is 1. The summed E-state index contributed by atoms with van der Waals surface area (Å²) >= 11 is 0. The Kier molecular flexibility index (Phi) is 23.0. The molecule has 8 fully saturated rings. The zero-order valence-electron chi connectivity index (χ0n) is 42.8. The predicted molar refractivity (Wildman–Crippen MR) is 258 cm³/mol. The van der Waals surface area contributed by atoms with Crippen LogP contribution in [0.25, 0.3) is 0 Å². The Balaban J connectivity index is 0.000000243. The summed E-state index contributed by atoms with van der Waals surface area (Å²) in [6, 6.07) is 1.74. The number of methoxy groups -OCH3 is 2. The van der Waals surface area contributed by atoms with E-state index < -0.39 is 18.0 Å². The number of aliphatic carboxylic acids is 1. The quantitative estimate of drug-likeness (QED) is 0.0405. The molecule has 0 aromatic heterocycles. The van der Waals surface area contributed by atoms with Gasteiger partial charge in [-0.15, -0.1) is 0 Å². The van der Waals surface area contributed by atoms with Crippen LogP contribution in [-0.4, -0.2) is 126 Å². The topological polar surface area (TPSA) is 194 Å². The molecular formula is C54H84NNaO12. The van der Waals surface area contributed by atoms with E-state index in [1.807, 2.05) is 0 Å². The number of aliphatic hydroxyl groups excluding tert-OH is 1. The smallest absolute Gasteiger partial charge is 0.870 e. The van der Waals surface area contributed by atoms with Crippen LogP contribution in [-0.2, 0) is 42.7 Å². The predicted octanol–water partition coefficient (Wildman–Crippen LogP) is 6.04. The van der Waals surface area contributed by atoms with Gasteiger partial charge in [0.1, 0.15) is 29.0 Å². The molecule has 4 heterocycles. The standard InChI is InChI=1S/C26H34O7.C16H26O4.C12H23N.Na.H2O/c1-18(2)13-14-20-25(3,33-20)24-23(30-4)19(15-16-26(24)17-31-26)32-22(29)12-10-8-6-5-7-9-11-21(27)28;1-10(2)5-6-12-15(3,20-12)14-13(18-4)11(17)7-8-16(14)9-19-16;1-3-7-11(8-4-1)13-12-9-5-2-6-10-12;;/h5-13,19-20,23-24H,14-17H2,1-4H3,(H,27,28);5,11-14,17H,6-9H2,1-4H3;11-13H,1-10H2;;1H2/q;;;+1;/p-1/b7-5+,8-6+,11-9+,12-10+;;;;/t19-,20-,23-,24-,25-,26+;11-,12-,13-,14-,15-,16+;;;/m11.../s1. The molecule has 0 unspecified atom stereocenters. The van der Waals surface area contributed by atoms with E-state index in [1.165, 1.54) is 87.5 Å². The van der Waals surface area contributed by atoms with Crippen molar-refractivity contribution in [1.82, 2.24) is 5.32 Å². The first-order valence-electron chi connectivity index (χ1n) is 25.1. The molecule has 12 atom stereocenters. The number of carboxylic acids is 1. The molecule has 0 bridgehead atoms. The van der Waals surface area contributed by atoms with Crippen molar-refractivity contribution in [2.24, 2.45) is 11.8 Å². The van der Waals surface area contributed by atoms with Crippen molar-refractivity contribution in [3.63, 3.8) is 0 Å². The van der Waals surface area contributed by atoms with Gasteiger partial charge >= 0.3 is 41.5 Å². The zero-order chi connectivity index (χ0) is 47.5. The molecule has 0 amide bonds. The number of hydrogen-bond donors (Lipinski definition) is 3. The summed E-state index contributed by atoms with van der Waals surface area (Å²) in [5, 5.41) is 22.6. The van der Waals surface area contributed by atoms with Gasteiger partial charge in [-0.05, 0) is 106 Å². The van der Waals surface area contributed by atoms with E-state index in [1.54, 1.807) is 44.6 Å². The largest absolute Gasteiger partial charge is 1.00 e. The van der Waals surface area contributed by atoms with Gasteiger partial charge in [-0.2, -0.15) is 0 Å². The number of hydrogen-bond acceptors (Lipinski definition) is 12. The molecule has 4 saturated heterocycles. The summed E-state index contributed by atoms with van der Waals surface area (Å²) in [4.78, 5) is 22.8. The molecule has 4 aliphatic carbocycles. The van der Waals surface area contributed by atoms with Gasteiger partial charge < -0.3 is 54.2 Å². The second-order valence-electron chi connectivity index (χ2n) is 21.0. The van der Waals surface area contributed by atoms with Crippen molar-refractivity contribution in [2.45, 2.75) is 215 Å². The zero-order valence-corrected chi connectivity index (χ0v) is 44.8. The Labute approximate surface area is 429 Å². The Morgan fingerprint density at radius 3 is 1.50 bits per heavy atom. The van der Waals surface area contributed by atoms with Crippen LogP contribution in [0.3, 0.4) is 0 Å². The van der Waals surface area contributed by atoms with Gasteiger partial charge in [0.25, 0.3) is 0 Å². The van der Waals surface area contributed by atoms with Crippen molar-refractivity contribution in [2.75, 3.05) is 27.4 Å². The number of carboxylic acid groups (broad SMARTS) is 1. The molecule has 68 heavy (non-hydrogen) atoms. The summed E-state index contributed by atoms with van der Waals surface area (Å²) in [6.45, 7) is 14.1. The van der Waals surface area contributed by atoms with Gasteiger partial charge in [0, 0.05) is 38.5 Å². The van der Waals surface area contributed by atoms with Gasteiger partial charge in [0.2, 0.25) is 0 Å². The second-order valence-corrected chi connectivity index (χ2v) is 21.0. The maximum Gasteiger partial charge on any atom is 1.00 e. The summed E-state index contributed by atoms with van der Waals surface area (Å²) in [6.07, 6.45) is 35.0. The van der Waals surface area contributed by atoms with Gasteiger partial charge in [-0.25, -0.2) is 9.59 Å². The van der Waals surface area contributed by atoms with Gasteiger partial charge in [-0.3, -0.25) is 0 Å². The summed E-state index contributed by atoms with van der Waals surface area (Å²) < 4.78 is 41.2. The SMILES string of the molecule is C1CCC(NC2CCCCC2)CC1.CO[C@@H]1[C@H](O)CC[C@]2(CO2)[C@H]1[C@]1(C)O[C@@H]1CC=C(C)C.CO[C@@H]1[C@H](OC(=O)/C=C/C=C/C=C/C=C/C(=O)O)CC[C@]2(CO2)[C@H]1[C@]1(C)O[C@@H]1CC=C(C)C.[Na+].[OH-]. The molecule has 4 N–H and O–H groups in total. The Hall–Kier alpha value is -1.98. The first-order valence-corrected chi connectivity index (χ1v) is 25.1. The van der Waals surface area contributed by atoms with Crippen LogP contribution in [0.5, 0.6) is 0 Å². The van der Waals surface area contributed by atoms with Gasteiger partial charge in [-0.1, -0.05) is 98.3 Å². The third-order valence-corrected chi connectivity index (χ3v) is 15.5. The normalized spacial score (nSPS) is 37.3. The van der Waals surface area contributed by atoms with E-state index in [-0.39, 0.29) is 99.8 Å². The minimum atomic E-state index is -1.00. The number of aliphatic hydroxyl groups is 1. The van der Waals surface area contributed by atoms with E-state index in [9.17, 15) is 14.7 Å². The molecule has 8 aliphatic rings. The molecule has 0 radical (unpaired) electrons. The molecule has 8 rings (SSSR count). The van der Waals surface area contributed by atoms with E-state index in [0.29, 0.717) is 13.0 Å². The summed E-state index contributed by atoms with van der Waals surface area (Å²) in [5.74, 6) is -1.32. The number of esters is 1. The fourth-order valence-electron chi connectivity index (χ4n) is 11.6. The summed E-state index contributed by atoms with van der Waals surface area (Å²) in [5.41, 5.74) is 1.61. The first-order chi connectivity index (χ1) is 31.6. The van der Waals surface area contributed by atoms with E-state index in [0.717, 1.165) is 56.9 Å². The minimum Gasteiger partial charge on any atom is -0.870 e. The minimum absolute atomic E-state index is 0. The Morgan fingerprint density at radius 2 is 1.07 bits per heavy atom. The molecule has 4 saturated carbocycles. The molecule has 4 aliphatic heterocycles. The number of carbonyl (C=O) groups is 2. The third kappa shape index (κ3) is 15.8. The fourth-order valence-corrected chi connectivity index (χ4v) is 11.6. The van der Waals surface area contributed by atoms with Crippen molar-refractivity contribution >= 4 is 11.9 Å². The van der Waals surface area contributed by atoms with E-state index in [2.05, 4.69) is 59.0 Å². The first kappa shape index (κ1) is 58.6. The van der Waals surface area contributed by atoms with Crippen molar-refractivity contribution in [3.8, 4) is 0 Å². The second kappa shape index (κ2) is 26.6. The Bertz CT molecular complexity index is 1770. The molecule has 2 spiro atoms. The van der Waals surface area contributed by atoms with Crippen LogP contribution in [0.4, 0.5) is 0 Å². The van der Waals surface area contributed by atoms with Crippen molar-refractivity contribution < 1.29 is 88.0 Å².